The van der Waals surface area contributed by atoms with Crippen molar-refractivity contribution in [3.63, 3.8) is 0 Å². The summed E-state index contributed by atoms with van der Waals surface area (Å²) in [4.78, 5) is 0. The highest BCUT2D eigenvalue weighted by Gasteiger charge is 2.45. The zero-order valence-electron chi connectivity index (χ0n) is 27.1. The molecule has 3 aromatic carbocycles. The van der Waals surface area contributed by atoms with E-state index in [2.05, 4.69) is 150 Å². The molecule has 0 saturated carbocycles. The van der Waals surface area contributed by atoms with Crippen LogP contribution in [0.3, 0.4) is 0 Å². The number of benzene rings is 3. The molecule has 0 heteroatoms. The second kappa shape index (κ2) is 9.34. The van der Waals surface area contributed by atoms with Crippen molar-refractivity contribution in [1.29, 1.82) is 0 Å². The van der Waals surface area contributed by atoms with Crippen LogP contribution in [0, 0.1) is 10.8 Å². The molecule has 0 heterocycles. The molecule has 40 heavy (non-hydrogen) atoms. The van der Waals surface area contributed by atoms with E-state index in [0.29, 0.717) is 0 Å². The summed E-state index contributed by atoms with van der Waals surface area (Å²) in [7, 11) is 0. The highest BCUT2D eigenvalue weighted by atomic mass is 14.5. The standard InChI is InChI=1S/C40H50/c1-25-20-28(38(5,6)7)24-34(25)40(11,12)36-32-21-27(37(2,3)4)18-19-30(32)35-31(26-16-14-13-15-17-26)22-29(23-33(35)36)39(8,9)10/h13-19,21-24,36H,20H2,1-12H3. The van der Waals surface area contributed by atoms with Crippen LogP contribution in [-0.4, -0.2) is 0 Å². The molecule has 3 aromatic rings. The average Bonchev–Trinajstić information content (AvgIpc) is 3.41. The van der Waals surface area contributed by atoms with Crippen LogP contribution in [0.5, 0.6) is 0 Å². The molecule has 0 aliphatic heterocycles. The Morgan fingerprint density at radius 1 is 0.600 bits per heavy atom. The van der Waals surface area contributed by atoms with E-state index in [0.717, 1.165) is 6.42 Å². The average molecular weight is 531 g/mol. The minimum atomic E-state index is -0.0575. The fraction of sp³-hybridized carbons (Fsp3) is 0.450. The molecule has 0 radical (unpaired) electrons. The SMILES string of the molecule is CC1=C(C(C)(C)C2c3cc(C(C)(C)C)ccc3-c3c(-c4ccccc4)cc(C(C)(C)C)cc32)C=C(C(C)(C)C)C1. The van der Waals surface area contributed by atoms with Gasteiger partial charge >= 0.3 is 0 Å². The van der Waals surface area contributed by atoms with Crippen LogP contribution in [0.4, 0.5) is 0 Å². The molecule has 210 valence electrons. The van der Waals surface area contributed by atoms with Crippen molar-refractivity contribution in [2.45, 2.75) is 106 Å². The normalized spacial score (nSPS) is 17.7. The molecule has 0 bridgehead atoms. The van der Waals surface area contributed by atoms with E-state index in [1.807, 2.05) is 0 Å². The maximum atomic E-state index is 2.56. The van der Waals surface area contributed by atoms with Gasteiger partial charge in [-0.1, -0.05) is 148 Å². The first-order valence-corrected chi connectivity index (χ1v) is 15.2. The second-order valence-corrected chi connectivity index (χ2v) is 16.1. The lowest BCUT2D eigenvalue weighted by Crippen LogP contribution is -2.25. The topological polar surface area (TPSA) is 0 Å². The maximum absolute atomic E-state index is 2.56. The minimum absolute atomic E-state index is 0.0560. The van der Waals surface area contributed by atoms with Crippen LogP contribution in [0.15, 0.2) is 83.5 Å². The highest BCUT2D eigenvalue weighted by Crippen LogP contribution is 2.60. The smallest absolute Gasteiger partial charge is 0.0194 e. The van der Waals surface area contributed by atoms with Gasteiger partial charge in [0.25, 0.3) is 0 Å². The van der Waals surface area contributed by atoms with Crippen molar-refractivity contribution < 1.29 is 0 Å². The van der Waals surface area contributed by atoms with Gasteiger partial charge in [0, 0.05) is 11.3 Å². The zero-order chi connectivity index (χ0) is 29.4. The number of hydrogen-bond acceptors (Lipinski definition) is 0. The number of rotatable bonds is 3. The third kappa shape index (κ3) is 4.82. The molecule has 1 unspecified atom stereocenters. The van der Waals surface area contributed by atoms with Gasteiger partial charge < -0.3 is 0 Å². The summed E-state index contributed by atoms with van der Waals surface area (Å²) in [6.45, 7) is 28.5. The lowest BCUT2D eigenvalue weighted by molar-refractivity contribution is 0.399. The van der Waals surface area contributed by atoms with Gasteiger partial charge in [0.1, 0.15) is 0 Å². The molecule has 0 amide bonds. The van der Waals surface area contributed by atoms with Gasteiger partial charge in [-0.05, 0) is 85.7 Å². The van der Waals surface area contributed by atoms with Gasteiger partial charge in [0.05, 0.1) is 0 Å². The Morgan fingerprint density at radius 3 is 1.75 bits per heavy atom. The lowest BCUT2D eigenvalue weighted by Gasteiger charge is -2.36. The van der Waals surface area contributed by atoms with Crippen LogP contribution in [0.1, 0.15) is 118 Å². The summed E-state index contributed by atoms with van der Waals surface area (Å²) in [5.41, 5.74) is 16.2. The van der Waals surface area contributed by atoms with Crippen molar-refractivity contribution in [3.8, 4) is 22.3 Å². The van der Waals surface area contributed by atoms with E-state index < -0.39 is 0 Å². The Morgan fingerprint density at radius 2 is 1.20 bits per heavy atom. The third-order valence-electron chi connectivity index (χ3n) is 9.54. The first-order chi connectivity index (χ1) is 18.4. The Labute approximate surface area is 244 Å². The largest absolute Gasteiger partial charge is 0.0655 e. The van der Waals surface area contributed by atoms with Crippen LogP contribution in [0.25, 0.3) is 22.3 Å². The summed E-state index contributed by atoms with van der Waals surface area (Å²) >= 11 is 0. The quantitative estimate of drug-likeness (QED) is 0.316. The molecular weight excluding hydrogens is 480 g/mol. The third-order valence-corrected chi connectivity index (χ3v) is 9.54. The van der Waals surface area contributed by atoms with Gasteiger partial charge in [-0.2, -0.15) is 0 Å². The lowest BCUT2D eigenvalue weighted by atomic mass is 9.67. The predicted octanol–water partition coefficient (Wildman–Crippen LogP) is 11.8. The molecule has 0 nitrogen and oxygen atoms in total. The molecule has 0 saturated heterocycles. The molecule has 1 atom stereocenters. The summed E-state index contributed by atoms with van der Waals surface area (Å²) in [6.07, 6.45) is 3.65. The Bertz CT molecular complexity index is 1520. The summed E-state index contributed by atoms with van der Waals surface area (Å²) in [5.74, 6) is 0.282. The molecule has 0 fully saturated rings. The fourth-order valence-corrected chi connectivity index (χ4v) is 7.01. The Hall–Kier alpha value is -2.86. The van der Waals surface area contributed by atoms with Gasteiger partial charge in [-0.15, -0.1) is 0 Å². The van der Waals surface area contributed by atoms with Crippen molar-refractivity contribution >= 4 is 0 Å². The van der Waals surface area contributed by atoms with E-state index in [1.54, 1.807) is 5.57 Å². The van der Waals surface area contributed by atoms with Crippen molar-refractivity contribution in [1.82, 2.24) is 0 Å². The molecule has 0 N–H and O–H groups in total. The van der Waals surface area contributed by atoms with Crippen LogP contribution < -0.4 is 0 Å². The summed E-state index contributed by atoms with van der Waals surface area (Å²) < 4.78 is 0. The number of allylic oxidation sites excluding steroid dienone is 4. The minimum Gasteiger partial charge on any atom is -0.0655 e. The number of fused-ring (bicyclic) bond motifs is 3. The Kier molecular flexibility index (Phi) is 6.69. The summed E-state index contributed by atoms with van der Waals surface area (Å²) in [6, 6.07) is 23.4. The number of hydrogen-bond donors (Lipinski definition) is 0. The van der Waals surface area contributed by atoms with E-state index in [9.17, 15) is 0 Å². The molecule has 0 aromatic heterocycles. The first-order valence-electron chi connectivity index (χ1n) is 15.2. The molecule has 0 spiro atoms. The maximum Gasteiger partial charge on any atom is 0.0194 e. The molecule has 2 aliphatic rings. The van der Waals surface area contributed by atoms with Crippen molar-refractivity contribution in [2.24, 2.45) is 10.8 Å². The fourth-order valence-electron chi connectivity index (χ4n) is 7.01. The zero-order valence-corrected chi connectivity index (χ0v) is 27.1. The van der Waals surface area contributed by atoms with E-state index >= 15 is 0 Å². The van der Waals surface area contributed by atoms with E-state index in [4.69, 9.17) is 0 Å². The Balaban J connectivity index is 1.85. The van der Waals surface area contributed by atoms with Crippen LogP contribution >= 0.6 is 0 Å². The van der Waals surface area contributed by atoms with Gasteiger partial charge in [0.15, 0.2) is 0 Å². The van der Waals surface area contributed by atoms with Gasteiger partial charge in [-0.3, -0.25) is 0 Å². The van der Waals surface area contributed by atoms with Crippen molar-refractivity contribution in [3.05, 3.63) is 106 Å². The van der Waals surface area contributed by atoms with Crippen molar-refractivity contribution in [2.75, 3.05) is 0 Å². The van der Waals surface area contributed by atoms with Gasteiger partial charge in [0.2, 0.25) is 0 Å². The monoisotopic (exact) mass is 530 g/mol. The summed E-state index contributed by atoms with van der Waals surface area (Å²) in [5, 5.41) is 0. The molecule has 5 rings (SSSR count). The predicted molar refractivity (Wildman–Crippen MR) is 175 cm³/mol. The molecule has 2 aliphatic carbocycles. The first kappa shape index (κ1) is 28.7. The highest BCUT2D eigenvalue weighted by molar-refractivity contribution is 5.92. The van der Waals surface area contributed by atoms with E-state index in [-0.39, 0.29) is 27.6 Å². The molecular formula is C40H50. The van der Waals surface area contributed by atoms with Gasteiger partial charge in [-0.25, -0.2) is 0 Å². The van der Waals surface area contributed by atoms with E-state index in [1.165, 1.54) is 55.7 Å². The van der Waals surface area contributed by atoms with Crippen LogP contribution in [0.2, 0.25) is 0 Å². The second-order valence-electron chi connectivity index (χ2n) is 16.1. The van der Waals surface area contributed by atoms with Crippen LogP contribution in [-0.2, 0) is 10.8 Å².